The van der Waals surface area contributed by atoms with Gasteiger partial charge in [-0.05, 0) is 33.1 Å². The molecule has 2 fully saturated rings. The van der Waals surface area contributed by atoms with E-state index in [4.69, 9.17) is 5.26 Å². The van der Waals surface area contributed by atoms with Crippen LogP contribution in [0.4, 0.5) is 4.79 Å². The summed E-state index contributed by atoms with van der Waals surface area (Å²) in [6, 6.07) is 2.52. The van der Waals surface area contributed by atoms with Gasteiger partial charge in [0.1, 0.15) is 5.54 Å². The molecule has 0 aliphatic carbocycles. The maximum atomic E-state index is 12.3. The van der Waals surface area contributed by atoms with Crippen LogP contribution >= 0.6 is 0 Å². The first-order valence-corrected chi connectivity index (χ1v) is 7.25. The smallest absolute Gasteiger partial charge is 0.320 e. The molecule has 0 aromatic carbocycles. The van der Waals surface area contributed by atoms with Gasteiger partial charge < -0.3 is 9.80 Å². The summed E-state index contributed by atoms with van der Waals surface area (Å²) in [5.41, 5.74) is -0.430. The van der Waals surface area contributed by atoms with Crippen molar-refractivity contribution in [2.24, 2.45) is 0 Å². The monoisotopic (exact) mass is 264 g/mol. The Morgan fingerprint density at radius 3 is 2.00 bits per heavy atom. The summed E-state index contributed by atoms with van der Waals surface area (Å²) < 4.78 is 0. The second kappa shape index (κ2) is 5.79. The number of rotatable bonds is 1. The minimum Gasteiger partial charge on any atom is -0.325 e. The number of hydrogen-bond acceptors (Lipinski definition) is 3. The highest BCUT2D eigenvalue weighted by molar-refractivity contribution is 5.74. The highest BCUT2D eigenvalue weighted by Crippen LogP contribution is 2.18. The highest BCUT2D eigenvalue weighted by Gasteiger charge is 2.32. The molecule has 2 saturated heterocycles. The van der Waals surface area contributed by atoms with E-state index in [2.05, 4.69) is 11.0 Å². The second-order valence-electron chi connectivity index (χ2n) is 5.98. The number of nitrogens with zero attached hydrogens (tertiary/aromatic N) is 4. The van der Waals surface area contributed by atoms with Crippen molar-refractivity contribution in [3.05, 3.63) is 0 Å². The van der Waals surface area contributed by atoms with Crippen LogP contribution in [0.2, 0.25) is 0 Å². The van der Waals surface area contributed by atoms with Crippen LogP contribution in [0.25, 0.3) is 0 Å². The third-order valence-electron chi connectivity index (χ3n) is 4.24. The van der Waals surface area contributed by atoms with Gasteiger partial charge in [0.15, 0.2) is 0 Å². The number of likely N-dealkylation sites (tertiary alicyclic amines) is 1. The van der Waals surface area contributed by atoms with Crippen LogP contribution in [-0.2, 0) is 0 Å². The molecule has 2 aliphatic heterocycles. The van der Waals surface area contributed by atoms with Crippen LogP contribution < -0.4 is 0 Å². The van der Waals surface area contributed by atoms with Crippen molar-refractivity contribution in [2.45, 2.75) is 38.6 Å². The van der Waals surface area contributed by atoms with Crippen molar-refractivity contribution >= 4 is 6.03 Å². The number of amides is 2. The zero-order valence-corrected chi connectivity index (χ0v) is 12.1. The predicted octanol–water partition coefficient (Wildman–Crippen LogP) is 1.51. The van der Waals surface area contributed by atoms with Crippen molar-refractivity contribution in [1.82, 2.24) is 14.7 Å². The number of hydrogen-bond donors (Lipinski definition) is 0. The van der Waals surface area contributed by atoms with Gasteiger partial charge in [-0.25, -0.2) is 4.79 Å². The number of nitriles is 1. The van der Waals surface area contributed by atoms with E-state index in [-0.39, 0.29) is 6.03 Å². The molecule has 2 aliphatic rings. The van der Waals surface area contributed by atoms with Crippen molar-refractivity contribution < 1.29 is 4.79 Å². The van der Waals surface area contributed by atoms with Crippen molar-refractivity contribution in [1.29, 1.82) is 5.26 Å². The number of carbonyl (C=O) groups is 1. The van der Waals surface area contributed by atoms with Gasteiger partial charge in [0.25, 0.3) is 0 Å². The summed E-state index contributed by atoms with van der Waals surface area (Å²) in [4.78, 5) is 18.4. The molecule has 0 aromatic heterocycles. The summed E-state index contributed by atoms with van der Waals surface area (Å²) in [5, 5.41) is 9.14. The van der Waals surface area contributed by atoms with E-state index in [0.717, 1.165) is 52.1 Å². The standard InChI is InChI=1S/C14H24N4O/c1-14(2,12-15)18-10-8-17(9-11-18)13(19)16-6-4-3-5-7-16/h3-11H2,1-2H3. The van der Waals surface area contributed by atoms with E-state index in [9.17, 15) is 4.79 Å². The molecule has 2 amide bonds. The maximum Gasteiger partial charge on any atom is 0.320 e. The quantitative estimate of drug-likeness (QED) is 0.721. The fourth-order valence-electron chi connectivity index (χ4n) is 2.81. The molecule has 0 unspecified atom stereocenters. The lowest BCUT2D eigenvalue weighted by atomic mass is 10.0. The Morgan fingerprint density at radius 2 is 1.47 bits per heavy atom. The van der Waals surface area contributed by atoms with E-state index in [1.165, 1.54) is 6.42 Å². The molecule has 2 heterocycles. The lowest BCUT2D eigenvalue weighted by Crippen LogP contribution is -2.57. The Bertz CT molecular complexity index is 360. The van der Waals surface area contributed by atoms with Crippen LogP contribution in [0, 0.1) is 11.3 Å². The molecular formula is C14H24N4O. The molecule has 5 nitrogen and oxygen atoms in total. The Labute approximate surface area is 115 Å². The molecule has 106 valence electrons. The van der Waals surface area contributed by atoms with Gasteiger partial charge in [0, 0.05) is 39.3 Å². The van der Waals surface area contributed by atoms with Gasteiger partial charge >= 0.3 is 6.03 Å². The molecule has 2 rings (SSSR count). The molecule has 0 N–H and O–H groups in total. The van der Waals surface area contributed by atoms with Gasteiger partial charge in [-0.15, -0.1) is 0 Å². The molecule has 0 radical (unpaired) electrons. The number of piperidine rings is 1. The summed E-state index contributed by atoms with van der Waals surface area (Å²) in [7, 11) is 0. The Hall–Kier alpha value is -1.28. The SMILES string of the molecule is CC(C)(C#N)N1CCN(C(=O)N2CCCCC2)CC1. The third-order valence-corrected chi connectivity index (χ3v) is 4.24. The Balaban J connectivity index is 1.86. The van der Waals surface area contributed by atoms with E-state index in [0.29, 0.717) is 0 Å². The molecule has 5 heteroatoms. The van der Waals surface area contributed by atoms with Crippen molar-refractivity contribution in [3.8, 4) is 6.07 Å². The van der Waals surface area contributed by atoms with E-state index < -0.39 is 5.54 Å². The first-order valence-electron chi connectivity index (χ1n) is 7.25. The summed E-state index contributed by atoms with van der Waals surface area (Å²) in [6.45, 7) is 8.75. The first-order chi connectivity index (χ1) is 9.04. The predicted molar refractivity (Wildman–Crippen MR) is 73.7 cm³/mol. The number of carbonyl (C=O) groups excluding carboxylic acids is 1. The lowest BCUT2D eigenvalue weighted by molar-refractivity contribution is 0.0760. The molecule has 19 heavy (non-hydrogen) atoms. The van der Waals surface area contributed by atoms with Crippen molar-refractivity contribution in [2.75, 3.05) is 39.3 Å². The zero-order chi connectivity index (χ0) is 13.9. The topological polar surface area (TPSA) is 50.6 Å². The van der Waals surface area contributed by atoms with Crippen LogP contribution in [0.5, 0.6) is 0 Å². The third kappa shape index (κ3) is 3.19. The van der Waals surface area contributed by atoms with Gasteiger partial charge in [0.2, 0.25) is 0 Å². The number of urea groups is 1. The molecule has 0 spiro atoms. The minimum atomic E-state index is -0.430. The average Bonchev–Trinajstić information content (AvgIpc) is 2.47. The normalized spacial score (nSPS) is 22.2. The largest absolute Gasteiger partial charge is 0.325 e. The molecule has 0 aromatic rings. The van der Waals surface area contributed by atoms with Crippen molar-refractivity contribution in [3.63, 3.8) is 0 Å². The summed E-state index contributed by atoms with van der Waals surface area (Å²) >= 11 is 0. The maximum absolute atomic E-state index is 12.3. The fraction of sp³-hybridized carbons (Fsp3) is 0.857. The van der Waals surface area contributed by atoms with Gasteiger partial charge in [-0.1, -0.05) is 0 Å². The van der Waals surface area contributed by atoms with Gasteiger partial charge in [0.05, 0.1) is 6.07 Å². The number of piperazine rings is 1. The summed E-state index contributed by atoms with van der Waals surface area (Å²) in [5.74, 6) is 0. The second-order valence-corrected chi connectivity index (χ2v) is 5.98. The van der Waals surface area contributed by atoms with Gasteiger partial charge in [-0.2, -0.15) is 5.26 Å². The van der Waals surface area contributed by atoms with E-state index >= 15 is 0 Å². The molecule has 0 saturated carbocycles. The van der Waals surface area contributed by atoms with E-state index in [1.807, 2.05) is 23.6 Å². The van der Waals surface area contributed by atoms with E-state index in [1.54, 1.807) is 0 Å². The van der Waals surface area contributed by atoms with Gasteiger partial charge in [-0.3, -0.25) is 4.90 Å². The zero-order valence-electron chi connectivity index (χ0n) is 12.1. The van der Waals surface area contributed by atoms with Crippen LogP contribution in [-0.4, -0.2) is 65.5 Å². The Kier molecular flexibility index (Phi) is 4.31. The van der Waals surface area contributed by atoms with Crippen LogP contribution in [0.3, 0.4) is 0 Å². The highest BCUT2D eigenvalue weighted by atomic mass is 16.2. The van der Waals surface area contributed by atoms with Crippen LogP contribution in [0.1, 0.15) is 33.1 Å². The fourth-order valence-corrected chi connectivity index (χ4v) is 2.81. The minimum absolute atomic E-state index is 0.189. The average molecular weight is 264 g/mol. The summed E-state index contributed by atoms with van der Waals surface area (Å²) in [6.07, 6.45) is 3.51. The Morgan fingerprint density at radius 1 is 0.947 bits per heavy atom. The molecule has 0 atom stereocenters. The first kappa shape index (κ1) is 14.1. The molecule has 0 bridgehead atoms. The lowest BCUT2D eigenvalue weighted by Gasteiger charge is -2.42. The molecular weight excluding hydrogens is 240 g/mol. The van der Waals surface area contributed by atoms with Crippen LogP contribution in [0.15, 0.2) is 0 Å².